The van der Waals surface area contributed by atoms with Gasteiger partial charge in [-0.15, -0.1) is 0 Å². The first kappa shape index (κ1) is 17.8. The highest BCUT2D eigenvalue weighted by Crippen LogP contribution is 2.06. The van der Waals surface area contributed by atoms with Crippen molar-refractivity contribution in [2.45, 2.75) is 13.5 Å². The Morgan fingerprint density at radius 2 is 1.90 bits per heavy atom. The molecule has 0 aliphatic heterocycles. The standard InChI is InChI=1S/C14H20O5S2/c1-12(11-20(16)8-9-21(2,17)18)14(15)19-10-13-6-4-3-5-7-13/h3-7,12H,8-11H2,1-2H3. The predicted molar refractivity (Wildman–Crippen MR) is 83.0 cm³/mol. The molecule has 0 fully saturated rings. The Morgan fingerprint density at radius 3 is 2.48 bits per heavy atom. The molecule has 2 unspecified atom stereocenters. The molecule has 0 aliphatic carbocycles. The normalized spacial score (nSPS) is 14.4. The summed E-state index contributed by atoms with van der Waals surface area (Å²) in [5, 5.41) is 0. The van der Waals surface area contributed by atoms with Crippen LogP contribution in [0.2, 0.25) is 0 Å². The minimum Gasteiger partial charge on any atom is -0.461 e. The molecule has 0 amide bonds. The molecule has 0 saturated carbocycles. The van der Waals surface area contributed by atoms with E-state index in [4.69, 9.17) is 4.74 Å². The topological polar surface area (TPSA) is 77.5 Å². The fourth-order valence-electron chi connectivity index (χ4n) is 1.55. The van der Waals surface area contributed by atoms with Crippen LogP contribution in [0.5, 0.6) is 0 Å². The zero-order valence-electron chi connectivity index (χ0n) is 12.2. The van der Waals surface area contributed by atoms with Crippen molar-refractivity contribution < 1.29 is 22.2 Å². The van der Waals surface area contributed by atoms with Crippen LogP contribution in [0.15, 0.2) is 30.3 Å². The Labute approximate surface area is 128 Å². The van der Waals surface area contributed by atoms with Gasteiger partial charge in [0.15, 0.2) is 0 Å². The highest BCUT2D eigenvalue weighted by atomic mass is 32.2. The van der Waals surface area contributed by atoms with Gasteiger partial charge in [0, 0.05) is 28.6 Å². The Bertz CT molecular complexity index is 581. The minimum atomic E-state index is -3.13. The van der Waals surface area contributed by atoms with E-state index >= 15 is 0 Å². The number of hydrogen-bond acceptors (Lipinski definition) is 5. The fourth-order valence-corrected chi connectivity index (χ4v) is 4.36. The summed E-state index contributed by atoms with van der Waals surface area (Å²) in [4.78, 5) is 11.8. The predicted octanol–water partition coefficient (Wildman–Crippen LogP) is 1.16. The van der Waals surface area contributed by atoms with Crippen LogP contribution in [0, 0.1) is 5.92 Å². The summed E-state index contributed by atoms with van der Waals surface area (Å²) in [6, 6.07) is 9.28. The monoisotopic (exact) mass is 332 g/mol. The molecular weight excluding hydrogens is 312 g/mol. The Morgan fingerprint density at radius 1 is 1.29 bits per heavy atom. The Hall–Kier alpha value is -1.21. The maximum absolute atomic E-state index is 11.8. The molecule has 118 valence electrons. The smallest absolute Gasteiger partial charge is 0.309 e. The SMILES string of the molecule is CC(CS(=O)CCS(C)(=O)=O)C(=O)OCc1ccccc1. The van der Waals surface area contributed by atoms with Crippen molar-refractivity contribution >= 4 is 26.6 Å². The molecule has 2 atom stereocenters. The van der Waals surface area contributed by atoms with Crippen molar-refractivity contribution in [1.82, 2.24) is 0 Å². The lowest BCUT2D eigenvalue weighted by Gasteiger charge is -2.11. The number of carbonyl (C=O) groups excluding carboxylic acids is 1. The van der Waals surface area contributed by atoms with Crippen molar-refractivity contribution in [3.8, 4) is 0 Å². The van der Waals surface area contributed by atoms with Gasteiger partial charge in [-0.05, 0) is 5.56 Å². The number of esters is 1. The number of benzene rings is 1. The van der Waals surface area contributed by atoms with Crippen LogP contribution in [-0.4, -0.2) is 42.1 Å². The zero-order chi connectivity index (χ0) is 15.9. The van der Waals surface area contributed by atoms with E-state index in [0.717, 1.165) is 11.8 Å². The fraction of sp³-hybridized carbons (Fsp3) is 0.500. The molecule has 0 heterocycles. The lowest BCUT2D eigenvalue weighted by Crippen LogP contribution is -2.23. The van der Waals surface area contributed by atoms with Gasteiger partial charge < -0.3 is 4.74 Å². The molecule has 7 heteroatoms. The van der Waals surface area contributed by atoms with Gasteiger partial charge >= 0.3 is 5.97 Å². The second kappa shape index (κ2) is 8.29. The molecule has 5 nitrogen and oxygen atoms in total. The van der Waals surface area contributed by atoms with Crippen molar-refractivity contribution in [3.63, 3.8) is 0 Å². The lowest BCUT2D eigenvalue weighted by atomic mass is 10.2. The molecule has 1 rings (SSSR count). The van der Waals surface area contributed by atoms with Gasteiger partial charge in [0.1, 0.15) is 16.4 Å². The quantitative estimate of drug-likeness (QED) is 0.668. The van der Waals surface area contributed by atoms with E-state index in [1.807, 2.05) is 30.3 Å². The molecule has 0 bridgehead atoms. The van der Waals surface area contributed by atoms with Crippen LogP contribution in [0.25, 0.3) is 0 Å². The zero-order valence-corrected chi connectivity index (χ0v) is 13.8. The average Bonchev–Trinajstić information content (AvgIpc) is 2.43. The minimum absolute atomic E-state index is 0.0507. The molecule has 0 N–H and O–H groups in total. The lowest BCUT2D eigenvalue weighted by molar-refractivity contribution is -0.148. The molecule has 0 aromatic heterocycles. The molecule has 0 radical (unpaired) electrons. The van der Waals surface area contributed by atoms with Gasteiger partial charge in [0.05, 0.1) is 11.7 Å². The highest BCUT2D eigenvalue weighted by molar-refractivity contribution is 7.92. The maximum atomic E-state index is 11.8. The number of sulfone groups is 1. The van der Waals surface area contributed by atoms with Crippen LogP contribution >= 0.6 is 0 Å². The van der Waals surface area contributed by atoms with Crippen LogP contribution in [0.4, 0.5) is 0 Å². The molecule has 0 spiro atoms. The van der Waals surface area contributed by atoms with Gasteiger partial charge in [-0.25, -0.2) is 8.42 Å². The van der Waals surface area contributed by atoms with Gasteiger partial charge in [0.2, 0.25) is 0 Å². The summed E-state index contributed by atoms with van der Waals surface area (Å²) in [6.45, 7) is 1.81. The second-order valence-electron chi connectivity index (χ2n) is 4.93. The van der Waals surface area contributed by atoms with Crippen LogP contribution in [0.3, 0.4) is 0 Å². The van der Waals surface area contributed by atoms with E-state index in [-0.39, 0.29) is 23.9 Å². The Kier molecular flexibility index (Phi) is 7.04. The van der Waals surface area contributed by atoms with Crippen molar-refractivity contribution in [2.75, 3.05) is 23.5 Å². The first-order chi connectivity index (χ1) is 9.78. The summed E-state index contributed by atoms with van der Waals surface area (Å²) in [5.41, 5.74) is 0.885. The van der Waals surface area contributed by atoms with E-state index in [0.29, 0.717) is 0 Å². The summed E-state index contributed by atoms with van der Waals surface area (Å²) in [6.07, 6.45) is 1.10. The van der Waals surface area contributed by atoms with E-state index in [2.05, 4.69) is 0 Å². The van der Waals surface area contributed by atoms with E-state index in [1.54, 1.807) is 6.92 Å². The third-order valence-electron chi connectivity index (χ3n) is 2.74. The van der Waals surface area contributed by atoms with E-state index in [1.165, 1.54) is 0 Å². The van der Waals surface area contributed by atoms with Crippen molar-refractivity contribution in [2.24, 2.45) is 5.92 Å². The van der Waals surface area contributed by atoms with Crippen LogP contribution in [-0.2, 0) is 36.8 Å². The Balaban J connectivity index is 2.35. The van der Waals surface area contributed by atoms with Gasteiger partial charge in [-0.1, -0.05) is 37.3 Å². The van der Waals surface area contributed by atoms with E-state index < -0.39 is 32.5 Å². The molecule has 1 aromatic rings. The number of rotatable bonds is 8. The van der Waals surface area contributed by atoms with Gasteiger partial charge in [-0.2, -0.15) is 0 Å². The molecule has 21 heavy (non-hydrogen) atoms. The summed E-state index contributed by atoms with van der Waals surface area (Å²) < 4.78 is 38.8. The summed E-state index contributed by atoms with van der Waals surface area (Å²) in [5.74, 6) is -0.912. The van der Waals surface area contributed by atoms with Crippen LogP contribution < -0.4 is 0 Å². The molecule has 1 aromatic carbocycles. The van der Waals surface area contributed by atoms with Gasteiger partial charge in [-0.3, -0.25) is 9.00 Å². The molecule has 0 aliphatic rings. The van der Waals surface area contributed by atoms with Crippen molar-refractivity contribution in [3.05, 3.63) is 35.9 Å². The molecule has 0 saturated heterocycles. The number of hydrogen-bond donors (Lipinski definition) is 0. The third-order valence-corrected chi connectivity index (χ3v) is 5.48. The van der Waals surface area contributed by atoms with Crippen LogP contribution in [0.1, 0.15) is 12.5 Å². The summed E-state index contributed by atoms with van der Waals surface area (Å²) >= 11 is 0. The maximum Gasteiger partial charge on any atom is 0.309 e. The summed E-state index contributed by atoms with van der Waals surface area (Å²) in [7, 11) is -4.48. The largest absolute Gasteiger partial charge is 0.461 e. The molecular formula is C14H20O5S2. The van der Waals surface area contributed by atoms with Crippen molar-refractivity contribution in [1.29, 1.82) is 0 Å². The number of ether oxygens (including phenoxy) is 1. The number of carbonyl (C=O) groups is 1. The second-order valence-corrected chi connectivity index (χ2v) is 8.82. The van der Waals surface area contributed by atoms with E-state index in [9.17, 15) is 17.4 Å². The first-order valence-electron chi connectivity index (χ1n) is 6.51. The third kappa shape index (κ3) is 7.96. The highest BCUT2D eigenvalue weighted by Gasteiger charge is 2.18. The average molecular weight is 332 g/mol. The van der Waals surface area contributed by atoms with Gasteiger partial charge in [0.25, 0.3) is 0 Å². The first-order valence-corrected chi connectivity index (χ1v) is 10.1.